The highest BCUT2D eigenvalue weighted by molar-refractivity contribution is 7.91. The molecule has 0 bridgehead atoms. The summed E-state index contributed by atoms with van der Waals surface area (Å²) < 4.78 is 22.8. The average molecular weight is 297 g/mol. The zero-order valence-corrected chi connectivity index (χ0v) is 12.8. The van der Waals surface area contributed by atoms with Crippen molar-refractivity contribution in [3.8, 4) is 0 Å². The lowest BCUT2D eigenvalue weighted by molar-refractivity contribution is 0.422. The fourth-order valence-corrected chi connectivity index (χ4v) is 3.13. The molecule has 2 rings (SSSR count). The monoisotopic (exact) mass is 297 g/mol. The standard InChI is InChI=1S/C14H23N3O2S/c1-2-20(18,19)12-9-15-13-6-10-17(11-7-13)14-5-3-4-8-16-14/h3-5,8,13,15H,2,6-7,9-12H2,1H3. The summed E-state index contributed by atoms with van der Waals surface area (Å²) in [6, 6.07) is 6.37. The molecule has 0 aromatic carbocycles. The molecule has 5 nitrogen and oxygen atoms in total. The first-order chi connectivity index (χ1) is 9.61. The Hall–Kier alpha value is -1.14. The number of piperidine rings is 1. The van der Waals surface area contributed by atoms with Crippen LogP contribution in [0.5, 0.6) is 0 Å². The van der Waals surface area contributed by atoms with Gasteiger partial charge in [0, 0.05) is 37.6 Å². The smallest absolute Gasteiger partial charge is 0.151 e. The molecular formula is C14H23N3O2S. The number of pyridine rings is 1. The van der Waals surface area contributed by atoms with Gasteiger partial charge in [-0.25, -0.2) is 13.4 Å². The Labute approximate surface area is 121 Å². The SMILES string of the molecule is CCS(=O)(=O)CCNC1CCN(c2ccccn2)CC1. The number of sulfone groups is 1. The van der Waals surface area contributed by atoms with Crippen molar-refractivity contribution in [3.63, 3.8) is 0 Å². The van der Waals surface area contributed by atoms with Gasteiger partial charge in [-0.15, -0.1) is 0 Å². The van der Waals surface area contributed by atoms with Crippen molar-refractivity contribution in [1.82, 2.24) is 10.3 Å². The number of nitrogens with zero attached hydrogens (tertiary/aromatic N) is 2. The summed E-state index contributed by atoms with van der Waals surface area (Å²) in [4.78, 5) is 6.64. The van der Waals surface area contributed by atoms with Crippen LogP contribution < -0.4 is 10.2 Å². The molecule has 0 amide bonds. The molecule has 1 aliphatic heterocycles. The van der Waals surface area contributed by atoms with Crippen LogP contribution in [0.3, 0.4) is 0 Å². The second kappa shape index (κ2) is 7.04. The molecule has 1 fully saturated rings. The van der Waals surface area contributed by atoms with Gasteiger partial charge in [0.15, 0.2) is 9.84 Å². The van der Waals surface area contributed by atoms with Crippen molar-refractivity contribution in [2.75, 3.05) is 36.0 Å². The largest absolute Gasteiger partial charge is 0.357 e. The van der Waals surface area contributed by atoms with Crippen LogP contribution in [-0.2, 0) is 9.84 Å². The number of aromatic nitrogens is 1. The summed E-state index contributed by atoms with van der Waals surface area (Å²) in [5, 5.41) is 3.36. The Morgan fingerprint density at radius 2 is 2.10 bits per heavy atom. The van der Waals surface area contributed by atoms with Gasteiger partial charge in [0.2, 0.25) is 0 Å². The van der Waals surface area contributed by atoms with Crippen LogP contribution in [-0.4, -0.2) is 50.6 Å². The second-order valence-electron chi connectivity index (χ2n) is 5.14. The predicted octanol–water partition coefficient (Wildman–Crippen LogP) is 1.07. The zero-order valence-electron chi connectivity index (χ0n) is 12.0. The first-order valence-corrected chi connectivity index (χ1v) is 9.02. The molecule has 1 saturated heterocycles. The molecule has 1 aromatic rings. The summed E-state index contributed by atoms with van der Waals surface area (Å²) in [7, 11) is -2.86. The van der Waals surface area contributed by atoms with Gasteiger partial charge in [0.1, 0.15) is 5.82 Å². The maximum atomic E-state index is 11.4. The Morgan fingerprint density at radius 3 is 2.70 bits per heavy atom. The van der Waals surface area contributed by atoms with Crippen molar-refractivity contribution in [3.05, 3.63) is 24.4 Å². The third-order valence-electron chi connectivity index (χ3n) is 3.75. The summed E-state index contributed by atoms with van der Waals surface area (Å²) in [6.45, 7) is 4.19. The lowest BCUT2D eigenvalue weighted by Gasteiger charge is -2.33. The molecule has 112 valence electrons. The fourth-order valence-electron chi connectivity index (χ4n) is 2.42. The Kier molecular flexibility index (Phi) is 5.37. The third kappa shape index (κ3) is 4.45. The van der Waals surface area contributed by atoms with Crippen molar-refractivity contribution >= 4 is 15.7 Å². The average Bonchev–Trinajstić information content (AvgIpc) is 2.49. The van der Waals surface area contributed by atoms with E-state index in [0.717, 1.165) is 31.7 Å². The van der Waals surface area contributed by atoms with E-state index in [4.69, 9.17) is 0 Å². The number of nitrogens with one attached hydrogen (secondary N) is 1. The molecule has 1 aromatic heterocycles. The molecule has 0 aliphatic carbocycles. The van der Waals surface area contributed by atoms with Gasteiger partial charge >= 0.3 is 0 Å². The van der Waals surface area contributed by atoms with E-state index >= 15 is 0 Å². The summed E-state index contributed by atoms with van der Waals surface area (Å²) >= 11 is 0. The quantitative estimate of drug-likeness (QED) is 0.851. The van der Waals surface area contributed by atoms with Crippen molar-refractivity contribution in [2.45, 2.75) is 25.8 Å². The van der Waals surface area contributed by atoms with Gasteiger partial charge < -0.3 is 10.2 Å². The number of hydrogen-bond acceptors (Lipinski definition) is 5. The van der Waals surface area contributed by atoms with Crippen LogP contribution >= 0.6 is 0 Å². The predicted molar refractivity (Wildman–Crippen MR) is 81.8 cm³/mol. The van der Waals surface area contributed by atoms with Crippen LogP contribution in [0.1, 0.15) is 19.8 Å². The maximum Gasteiger partial charge on any atom is 0.151 e. The summed E-state index contributed by atoms with van der Waals surface area (Å²) in [5.74, 6) is 1.50. The van der Waals surface area contributed by atoms with Gasteiger partial charge in [-0.3, -0.25) is 0 Å². The highest BCUT2D eigenvalue weighted by Gasteiger charge is 2.19. The first kappa shape index (κ1) is 15.3. The van der Waals surface area contributed by atoms with E-state index in [9.17, 15) is 8.42 Å². The first-order valence-electron chi connectivity index (χ1n) is 7.20. The van der Waals surface area contributed by atoms with Crippen LogP contribution in [0.25, 0.3) is 0 Å². The van der Waals surface area contributed by atoms with Gasteiger partial charge in [0.05, 0.1) is 5.75 Å². The minimum absolute atomic E-state index is 0.229. The van der Waals surface area contributed by atoms with E-state index in [0.29, 0.717) is 12.6 Å². The zero-order chi connectivity index (χ0) is 14.4. The lowest BCUT2D eigenvalue weighted by atomic mass is 10.1. The second-order valence-corrected chi connectivity index (χ2v) is 7.61. The molecule has 1 N–H and O–H groups in total. The van der Waals surface area contributed by atoms with Gasteiger partial charge in [0.25, 0.3) is 0 Å². The summed E-state index contributed by atoms with van der Waals surface area (Å²) in [6.07, 6.45) is 3.88. The van der Waals surface area contributed by atoms with Crippen LogP contribution in [0.4, 0.5) is 5.82 Å². The lowest BCUT2D eigenvalue weighted by Crippen LogP contribution is -2.44. The normalized spacial score (nSPS) is 17.4. The minimum atomic E-state index is -2.86. The van der Waals surface area contributed by atoms with Crippen molar-refractivity contribution in [1.29, 1.82) is 0 Å². The minimum Gasteiger partial charge on any atom is -0.357 e. The van der Waals surface area contributed by atoms with E-state index in [2.05, 4.69) is 15.2 Å². The molecule has 20 heavy (non-hydrogen) atoms. The maximum absolute atomic E-state index is 11.4. The Balaban J connectivity index is 1.72. The molecule has 0 atom stereocenters. The molecule has 0 unspecified atom stereocenters. The fraction of sp³-hybridized carbons (Fsp3) is 0.643. The highest BCUT2D eigenvalue weighted by atomic mass is 32.2. The van der Waals surface area contributed by atoms with Gasteiger partial charge in [-0.05, 0) is 25.0 Å². The van der Waals surface area contributed by atoms with Crippen LogP contribution in [0.15, 0.2) is 24.4 Å². The van der Waals surface area contributed by atoms with E-state index < -0.39 is 9.84 Å². The topological polar surface area (TPSA) is 62.3 Å². The molecular weight excluding hydrogens is 274 g/mol. The van der Waals surface area contributed by atoms with Gasteiger partial charge in [-0.1, -0.05) is 13.0 Å². The van der Waals surface area contributed by atoms with E-state index in [-0.39, 0.29) is 11.5 Å². The molecule has 2 heterocycles. The number of rotatable bonds is 6. The molecule has 0 radical (unpaired) electrons. The Bertz CT molecular complexity index is 496. The number of hydrogen-bond donors (Lipinski definition) is 1. The van der Waals surface area contributed by atoms with E-state index in [1.54, 1.807) is 6.92 Å². The van der Waals surface area contributed by atoms with Gasteiger partial charge in [-0.2, -0.15) is 0 Å². The van der Waals surface area contributed by atoms with E-state index in [1.165, 1.54) is 0 Å². The highest BCUT2D eigenvalue weighted by Crippen LogP contribution is 2.17. The van der Waals surface area contributed by atoms with Crippen LogP contribution in [0, 0.1) is 0 Å². The third-order valence-corrected chi connectivity index (χ3v) is 5.46. The molecule has 0 spiro atoms. The Morgan fingerprint density at radius 1 is 1.35 bits per heavy atom. The van der Waals surface area contributed by atoms with Crippen molar-refractivity contribution in [2.24, 2.45) is 0 Å². The molecule has 0 saturated carbocycles. The van der Waals surface area contributed by atoms with E-state index in [1.807, 2.05) is 24.4 Å². The number of anilines is 1. The van der Waals surface area contributed by atoms with Crippen molar-refractivity contribution < 1.29 is 8.42 Å². The van der Waals surface area contributed by atoms with Crippen LogP contribution in [0.2, 0.25) is 0 Å². The summed E-state index contributed by atoms with van der Waals surface area (Å²) in [5.41, 5.74) is 0. The molecule has 1 aliphatic rings. The molecule has 6 heteroatoms.